The Bertz CT molecular complexity index is 629. The van der Waals surface area contributed by atoms with Crippen LogP contribution in [0.4, 0.5) is 17.3 Å². The Labute approximate surface area is 147 Å². The van der Waals surface area contributed by atoms with E-state index in [0.29, 0.717) is 13.1 Å². The van der Waals surface area contributed by atoms with Crippen molar-refractivity contribution in [2.24, 2.45) is 0 Å². The van der Waals surface area contributed by atoms with E-state index in [2.05, 4.69) is 26.7 Å². The minimum Gasteiger partial charge on any atom is -0.376 e. The quantitative estimate of drug-likeness (QED) is 0.422. The van der Waals surface area contributed by atoms with Gasteiger partial charge in [0, 0.05) is 19.7 Å². The first-order chi connectivity index (χ1) is 12.2. The molecule has 8 heteroatoms. The molecule has 3 rings (SSSR count). The second-order valence-electron chi connectivity index (χ2n) is 6.48. The lowest BCUT2D eigenvalue weighted by atomic mass is 9.97. The molecular weight excluding hydrogens is 322 g/mol. The maximum Gasteiger partial charge on any atom is 0.353 e. The van der Waals surface area contributed by atoms with Crippen molar-refractivity contribution in [2.45, 2.75) is 51.0 Å². The number of nitro groups is 1. The fraction of sp³-hybridized carbons (Fsp3) is 0.647. The molecule has 0 radical (unpaired) electrons. The third-order valence-corrected chi connectivity index (χ3v) is 4.65. The van der Waals surface area contributed by atoms with Crippen molar-refractivity contribution in [2.75, 3.05) is 30.3 Å². The highest BCUT2D eigenvalue weighted by atomic mass is 16.6. The van der Waals surface area contributed by atoms with Gasteiger partial charge in [-0.15, -0.1) is 0 Å². The molecule has 1 aliphatic carbocycles. The van der Waals surface area contributed by atoms with Crippen LogP contribution in [0, 0.1) is 10.1 Å². The second kappa shape index (κ2) is 8.75. The van der Waals surface area contributed by atoms with Crippen molar-refractivity contribution in [3.63, 3.8) is 0 Å². The van der Waals surface area contributed by atoms with E-state index < -0.39 is 4.92 Å². The molecule has 0 amide bonds. The molecule has 1 aromatic heterocycles. The van der Waals surface area contributed by atoms with Gasteiger partial charge in [0.05, 0.1) is 11.0 Å². The average molecular weight is 347 g/mol. The Morgan fingerprint density at radius 1 is 1.24 bits per heavy atom. The van der Waals surface area contributed by atoms with Crippen LogP contribution in [0.2, 0.25) is 0 Å². The van der Waals surface area contributed by atoms with Crippen molar-refractivity contribution >= 4 is 17.3 Å². The predicted octanol–water partition coefficient (Wildman–Crippen LogP) is 3.28. The molecule has 1 fully saturated rings. The summed E-state index contributed by atoms with van der Waals surface area (Å²) in [5.41, 5.74) is 1.32. The largest absolute Gasteiger partial charge is 0.376 e. The molecular formula is C17H25N5O3. The van der Waals surface area contributed by atoms with Gasteiger partial charge in [0.1, 0.15) is 6.33 Å². The van der Waals surface area contributed by atoms with Crippen molar-refractivity contribution in [1.29, 1.82) is 0 Å². The normalized spacial score (nSPS) is 20.2. The van der Waals surface area contributed by atoms with Gasteiger partial charge in [0.25, 0.3) is 0 Å². The molecule has 1 aliphatic heterocycles. The fourth-order valence-corrected chi connectivity index (χ4v) is 3.30. The summed E-state index contributed by atoms with van der Waals surface area (Å²) in [6.07, 6.45) is 11.4. The number of hydrogen-bond donors (Lipinski definition) is 2. The van der Waals surface area contributed by atoms with Crippen molar-refractivity contribution < 1.29 is 9.66 Å². The number of anilines is 2. The van der Waals surface area contributed by atoms with Crippen LogP contribution in [0.15, 0.2) is 18.0 Å². The van der Waals surface area contributed by atoms with E-state index in [4.69, 9.17) is 4.74 Å². The van der Waals surface area contributed by atoms with E-state index in [1.54, 1.807) is 0 Å². The van der Waals surface area contributed by atoms with E-state index in [-0.39, 0.29) is 23.4 Å². The number of nitrogens with one attached hydrogen (secondary N) is 2. The Balaban J connectivity index is 1.62. The average Bonchev–Trinajstić information content (AvgIpc) is 3.14. The highest BCUT2D eigenvalue weighted by molar-refractivity contribution is 5.69. The van der Waals surface area contributed by atoms with Crippen molar-refractivity contribution in [3.8, 4) is 0 Å². The van der Waals surface area contributed by atoms with Crippen LogP contribution in [-0.2, 0) is 4.74 Å². The van der Waals surface area contributed by atoms with Gasteiger partial charge in [0.15, 0.2) is 0 Å². The molecule has 0 saturated carbocycles. The summed E-state index contributed by atoms with van der Waals surface area (Å²) >= 11 is 0. The van der Waals surface area contributed by atoms with Gasteiger partial charge >= 0.3 is 5.69 Å². The fourth-order valence-electron chi connectivity index (χ4n) is 3.30. The van der Waals surface area contributed by atoms with Crippen LogP contribution >= 0.6 is 0 Å². The van der Waals surface area contributed by atoms with E-state index in [1.165, 1.54) is 24.7 Å². The number of aromatic nitrogens is 2. The smallest absolute Gasteiger partial charge is 0.353 e. The monoisotopic (exact) mass is 347 g/mol. The molecule has 2 N–H and O–H groups in total. The molecule has 1 atom stereocenters. The van der Waals surface area contributed by atoms with Crippen LogP contribution < -0.4 is 10.6 Å². The molecule has 0 spiro atoms. The number of allylic oxidation sites excluding steroid dienone is 1. The number of ether oxygens (including phenoxy) is 1. The third kappa shape index (κ3) is 4.88. The standard InChI is InChI=1S/C17H25N5O3/c23-22(24)15-16(18-9-8-13-5-2-1-3-6-13)20-12-21-17(15)19-11-14-7-4-10-25-14/h5,12,14H,1-4,6-11H2,(H2,18,19,20,21). The Morgan fingerprint density at radius 2 is 2.08 bits per heavy atom. The van der Waals surface area contributed by atoms with Crippen molar-refractivity contribution in [1.82, 2.24) is 9.97 Å². The third-order valence-electron chi connectivity index (χ3n) is 4.65. The zero-order valence-corrected chi connectivity index (χ0v) is 14.4. The maximum absolute atomic E-state index is 11.5. The number of nitrogens with zero attached hydrogens (tertiary/aromatic N) is 3. The Morgan fingerprint density at radius 3 is 2.76 bits per heavy atom. The van der Waals surface area contributed by atoms with Crippen molar-refractivity contribution in [3.05, 3.63) is 28.1 Å². The molecule has 1 aromatic rings. The minimum absolute atomic E-state index is 0.0872. The van der Waals surface area contributed by atoms with Gasteiger partial charge in [-0.1, -0.05) is 11.6 Å². The molecule has 2 aliphatic rings. The molecule has 2 heterocycles. The molecule has 136 valence electrons. The lowest BCUT2D eigenvalue weighted by Gasteiger charge is -2.14. The highest BCUT2D eigenvalue weighted by Crippen LogP contribution is 2.29. The summed E-state index contributed by atoms with van der Waals surface area (Å²) in [6.45, 7) is 1.90. The van der Waals surface area contributed by atoms with Crippen LogP contribution in [0.25, 0.3) is 0 Å². The molecule has 0 bridgehead atoms. The van der Waals surface area contributed by atoms with Crippen LogP contribution in [0.3, 0.4) is 0 Å². The van der Waals surface area contributed by atoms with E-state index in [9.17, 15) is 10.1 Å². The Hall–Kier alpha value is -2.22. The van der Waals surface area contributed by atoms with Crippen LogP contribution in [0.5, 0.6) is 0 Å². The van der Waals surface area contributed by atoms with E-state index in [1.807, 2.05) is 0 Å². The summed E-state index contributed by atoms with van der Waals surface area (Å²) in [7, 11) is 0. The van der Waals surface area contributed by atoms with E-state index in [0.717, 1.165) is 38.7 Å². The lowest BCUT2D eigenvalue weighted by molar-refractivity contribution is -0.383. The first-order valence-electron chi connectivity index (χ1n) is 9.00. The van der Waals surface area contributed by atoms with Crippen LogP contribution in [-0.4, -0.2) is 40.7 Å². The summed E-state index contributed by atoms with van der Waals surface area (Å²) in [6, 6.07) is 0. The predicted molar refractivity (Wildman–Crippen MR) is 95.8 cm³/mol. The number of rotatable bonds is 8. The van der Waals surface area contributed by atoms with Gasteiger partial charge in [-0.2, -0.15) is 0 Å². The maximum atomic E-state index is 11.5. The second-order valence-corrected chi connectivity index (χ2v) is 6.48. The zero-order chi connectivity index (χ0) is 17.5. The molecule has 8 nitrogen and oxygen atoms in total. The molecule has 0 aromatic carbocycles. The van der Waals surface area contributed by atoms with Gasteiger partial charge in [-0.05, 0) is 44.9 Å². The molecule has 1 unspecified atom stereocenters. The van der Waals surface area contributed by atoms with Gasteiger partial charge < -0.3 is 15.4 Å². The van der Waals surface area contributed by atoms with Crippen LogP contribution in [0.1, 0.15) is 44.9 Å². The number of hydrogen-bond acceptors (Lipinski definition) is 7. The van der Waals surface area contributed by atoms with Gasteiger partial charge in [0.2, 0.25) is 11.6 Å². The SMILES string of the molecule is O=[N+]([O-])c1c(NCCC2=CCCCC2)ncnc1NCC1CCCO1. The molecule has 1 saturated heterocycles. The van der Waals surface area contributed by atoms with Gasteiger partial charge in [-0.3, -0.25) is 10.1 Å². The van der Waals surface area contributed by atoms with Gasteiger partial charge in [-0.25, -0.2) is 9.97 Å². The first-order valence-corrected chi connectivity index (χ1v) is 9.00. The molecule has 25 heavy (non-hydrogen) atoms. The summed E-state index contributed by atoms with van der Waals surface area (Å²) in [4.78, 5) is 19.2. The summed E-state index contributed by atoms with van der Waals surface area (Å²) in [5.74, 6) is 0.515. The Kier molecular flexibility index (Phi) is 6.16. The highest BCUT2D eigenvalue weighted by Gasteiger charge is 2.24. The topological polar surface area (TPSA) is 102 Å². The first kappa shape index (κ1) is 17.6. The lowest BCUT2D eigenvalue weighted by Crippen LogP contribution is -2.20. The van der Waals surface area contributed by atoms with E-state index >= 15 is 0 Å². The zero-order valence-electron chi connectivity index (χ0n) is 14.4. The minimum atomic E-state index is -0.431. The summed E-state index contributed by atoms with van der Waals surface area (Å²) < 4.78 is 5.54. The summed E-state index contributed by atoms with van der Waals surface area (Å²) in [5, 5.41) is 17.7.